The Bertz CT molecular complexity index is 1050. The van der Waals surface area contributed by atoms with Crippen molar-refractivity contribution in [3.05, 3.63) is 94.9 Å². The Hall–Kier alpha value is -3.68. The maximum atomic E-state index is 7.45. The summed E-state index contributed by atoms with van der Waals surface area (Å²) in [6, 6.07) is 20.0. The summed E-state index contributed by atoms with van der Waals surface area (Å²) in [4.78, 5) is 0. The van der Waals surface area contributed by atoms with E-state index in [0.29, 0.717) is 0 Å². The van der Waals surface area contributed by atoms with E-state index in [1.54, 1.807) is 7.11 Å². The third-order valence-corrected chi connectivity index (χ3v) is 4.65. The zero-order chi connectivity index (χ0) is 18.1. The molecule has 1 nitrogen and oxygen atoms in total. The number of hydrogen-bond donors (Lipinski definition) is 0. The monoisotopic (exact) mass is 331 g/mol. The molecule has 26 heavy (non-hydrogen) atoms. The minimum atomic E-state index is 0.759. The third kappa shape index (κ3) is 2.57. The molecule has 3 aromatic carbocycles. The van der Waals surface area contributed by atoms with Gasteiger partial charge in [-0.25, -0.2) is 0 Å². The van der Waals surface area contributed by atoms with E-state index in [9.17, 15) is 0 Å². The molecule has 1 aliphatic carbocycles. The van der Waals surface area contributed by atoms with Crippen LogP contribution in [0.25, 0.3) is 22.8 Å². The van der Waals surface area contributed by atoms with Gasteiger partial charge in [-0.15, -0.1) is 6.42 Å². The molecule has 0 heterocycles. The van der Waals surface area contributed by atoms with Crippen molar-refractivity contribution in [2.45, 2.75) is 0 Å². The van der Waals surface area contributed by atoms with Crippen LogP contribution in [0.4, 0.5) is 0 Å². The van der Waals surface area contributed by atoms with Crippen molar-refractivity contribution in [1.82, 2.24) is 0 Å². The minimum absolute atomic E-state index is 0.759. The van der Waals surface area contributed by atoms with Crippen LogP contribution in [0.5, 0.6) is 5.75 Å². The Labute approximate surface area is 154 Å². The van der Waals surface area contributed by atoms with Crippen LogP contribution in [0.3, 0.4) is 0 Å². The largest absolute Gasteiger partial charge is 0.497 e. The molecular formula is C25H15O. The number of terminal acetylenes is 1. The van der Waals surface area contributed by atoms with Gasteiger partial charge in [0.05, 0.1) is 7.11 Å². The zero-order valence-electron chi connectivity index (χ0n) is 14.3. The van der Waals surface area contributed by atoms with Crippen LogP contribution in [0.2, 0.25) is 0 Å². The van der Waals surface area contributed by atoms with Crippen LogP contribution in [-0.4, -0.2) is 7.11 Å². The Kier molecular flexibility index (Phi) is 3.85. The maximum Gasteiger partial charge on any atom is 0.118 e. The van der Waals surface area contributed by atoms with Gasteiger partial charge in [-0.3, -0.25) is 0 Å². The summed E-state index contributed by atoms with van der Waals surface area (Å²) in [5.74, 6) is 6.03. The summed E-state index contributed by atoms with van der Waals surface area (Å²) in [5.41, 5.74) is 8.34. The van der Waals surface area contributed by atoms with E-state index in [2.05, 4.69) is 36.1 Å². The number of ether oxygens (including phenoxy) is 1. The first kappa shape index (κ1) is 15.8. The van der Waals surface area contributed by atoms with E-state index in [1.807, 2.05) is 42.5 Å². The molecule has 1 radical (unpaired) electrons. The Morgan fingerprint density at radius 2 is 1.46 bits per heavy atom. The molecule has 0 atom stereocenters. The predicted octanol–water partition coefficient (Wildman–Crippen LogP) is 5.18. The van der Waals surface area contributed by atoms with Gasteiger partial charge in [-0.1, -0.05) is 36.1 Å². The van der Waals surface area contributed by atoms with Gasteiger partial charge in [-0.05, 0) is 82.3 Å². The molecule has 0 aliphatic heterocycles. The fraction of sp³-hybridized carbons (Fsp3) is 0.0400. The molecule has 3 aromatic rings. The highest BCUT2D eigenvalue weighted by molar-refractivity contribution is 6.07. The fourth-order valence-corrected chi connectivity index (χ4v) is 3.34. The molecule has 0 N–H and O–H groups in total. The van der Waals surface area contributed by atoms with E-state index < -0.39 is 0 Å². The molecule has 0 aromatic heterocycles. The topological polar surface area (TPSA) is 9.23 Å². The maximum absolute atomic E-state index is 7.45. The second-order valence-electron chi connectivity index (χ2n) is 6.12. The lowest BCUT2D eigenvalue weighted by atomic mass is 9.99. The van der Waals surface area contributed by atoms with E-state index >= 15 is 0 Å². The van der Waals surface area contributed by atoms with Crippen molar-refractivity contribution in [1.29, 1.82) is 0 Å². The van der Waals surface area contributed by atoms with Gasteiger partial charge in [0.15, 0.2) is 0 Å². The normalized spacial score (nSPS) is 12.8. The van der Waals surface area contributed by atoms with Crippen molar-refractivity contribution < 1.29 is 4.74 Å². The van der Waals surface area contributed by atoms with Gasteiger partial charge in [0.25, 0.3) is 0 Å². The van der Waals surface area contributed by atoms with Gasteiger partial charge in [-0.2, -0.15) is 0 Å². The van der Waals surface area contributed by atoms with Gasteiger partial charge < -0.3 is 4.74 Å². The molecule has 0 unspecified atom stereocenters. The van der Waals surface area contributed by atoms with Crippen LogP contribution in [0.15, 0.2) is 60.7 Å². The highest BCUT2D eigenvalue weighted by Gasteiger charge is 2.23. The first-order valence-electron chi connectivity index (χ1n) is 8.28. The summed E-state index contributed by atoms with van der Waals surface area (Å²) < 4.78 is 5.24. The Morgan fingerprint density at radius 3 is 2.04 bits per heavy atom. The second kappa shape index (κ2) is 6.32. The number of rotatable bonds is 2. The van der Waals surface area contributed by atoms with Gasteiger partial charge in [0.1, 0.15) is 5.75 Å². The summed E-state index contributed by atoms with van der Waals surface area (Å²) >= 11 is 0. The molecule has 0 fully saturated rings. The summed E-state index contributed by atoms with van der Waals surface area (Å²) in [5, 5.41) is 0. The Balaban J connectivity index is 1.94. The number of fused-ring (bicyclic) bond motifs is 3. The minimum Gasteiger partial charge on any atom is -0.497 e. The van der Waals surface area contributed by atoms with E-state index in [1.165, 1.54) is 0 Å². The lowest BCUT2D eigenvalue weighted by molar-refractivity contribution is 0.415. The SMILES string of the molecule is [C]#Cc1ccc2c(c1)/C(=C\c1ccc(OC)cc1)c1cc(C#C)ccc1-2. The quantitative estimate of drug-likeness (QED) is 0.460. The van der Waals surface area contributed by atoms with Crippen molar-refractivity contribution in [2.24, 2.45) is 0 Å². The van der Waals surface area contributed by atoms with Gasteiger partial charge >= 0.3 is 0 Å². The van der Waals surface area contributed by atoms with E-state index in [4.69, 9.17) is 17.6 Å². The first-order valence-corrected chi connectivity index (χ1v) is 8.28. The summed E-state index contributed by atoms with van der Waals surface area (Å²) in [6.07, 6.45) is 15.2. The zero-order valence-corrected chi connectivity index (χ0v) is 14.3. The first-order chi connectivity index (χ1) is 12.7. The fourth-order valence-electron chi connectivity index (χ4n) is 3.34. The van der Waals surface area contributed by atoms with Crippen molar-refractivity contribution in [2.75, 3.05) is 7.11 Å². The number of hydrogen-bond acceptors (Lipinski definition) is 1. The molecule has 121 valence electrons. The van der Waals surface area contributed by atoms with E-state index in [0.717, 1.165) is 50.3 Å². The lowest BCUT2D eigenvalue weighted by Crippen LogP contribution is -1.86. The highest BCUT2D eigenvalue weighted by atomic mass is 16.5. The smallest absolute Gasteiger partial charge is 0.118 e. The second-order valence-corrected chi connectivity index (χ2v) is 6.12. The lowest BCUT2D eigenvalue weighted by Gasteiger charge is -2.05. The van der Waals surface area contributed by atoms with Gasteiger partial charge in [0.2, 0.25) is 0 Å². The summed E-state index contributed by atoms with van der Waals surface area (Å²) in [6.45, 7) is 0. The number of benzene rings is 3. The molecule has 0 saturated heterocycles. The molecule has 0 bridgehead atoms. The molecule has 0 amide bonds. The average Bonchev–Trinajstić information content (AvgIpc) is 3.00. The molecule has 1 aliphatic rings. The predicted molar refractivity (Wildman–Crippen MR) is 106 cm³/mol. The summed E-state index contributed by atoms with van der Waals surface area (Å²) in [7, 11) is 1.66. The van der Waals surface area contributed by atoms with Crippen LogP contribution in [-0.2, 0) is 0 Å². The molecular weight excluding hydrogens is 316 g/mol. The van der Waals surface area contributed by atoms with Crippen LogP contribution < -0.4 is 4.74 Å². The van der Waals surface area contributed by atoms with Crippen molar-refractivity contribution >= 4 is 11.6 Å². The molecule has 0 saturated carbocycles. The standard InChI is InChI=1S/C25H15O/c1-4-17-8-12-21-22-13-9-18(5-2)15-24(22)25(23(21)14-17)16-19-6-10-20(26-3)11-7-19/h1,6-16H,3H3/b25-16-. The van der Waals surface area contributed by atoms with Crippen LogP contribution >= 0.6 is 0 Å². The Morgan fingerprint density at radius 1 is 0.846 bits per heavy atom. The molecule has 0 spiro atoms. The van der Waals surface area contributed by atoms with Crippen LogP contribution in [0.1, 0.15) is 27.8 Å². The molecule has 4 rings (SSSR count). The molecule has 1 heteroatoms. The number of methoxy groups -OCH3 is 1. The average molecular weight is 331 g/mol. The third-order valence-electron chi connectivity index (χ3n) is 4.65. The van der Waals surface area contributed by atoms with Crippen LogP contribution in [0, 0.1) is 24.7 Å². The van der Waals surface area contributed by atoms with E-state index in [-0.39, 0.29) is 0 Å². The highest BCUT2D eigenvalue weighted by Crippen LogP contribution is 2.45. The van der Waals surface area contributed by atoms with Gasteiger partial charge in [0, 0.05) is 11.1 Å². The van der Waals surface area contributed by atoms with Crippen molar-refractivity contribution in [3.63, 3.8) is 0 Å². The van der Waals surface area contributed by atoms with Crippen molar-refractivity contribution in [3.8, 4) is 35.1 Å².